The van der Waals surface area contributed by atoms with Gasteiger partial charge >= 0.3 is 27.3 Å². The van der Waals surface area contributed by atoms with Crippen molar-refractivity contribution in [3.05, 3.63) is 48.1 Å². The van der Waals surface area contributed by atoms with Crippen LogP contribution in [0, 0.1) is 0 Å². The number of ether oxygens (including phenoxy) is 4. The Balaban J connectivity index is 1.40. The molecule has 27 nitrogen and oxygen atoms in total. The number of nitrogens with zero attached hydrogens (tertiary/aromatic N) is 7. The van der Waals surface area contributed by atoms with Crippen molar-refractivity contribution in [3.8, 4) is 0 Å². The van der Waals surface area contributed by atoms with Gasteiger partial charge in [0.1, 0.15) is 48.2 Å². The molecule has 0 saturated carbocycles. The normalized spacial score (nSPS) is 26.1. The van der Waals surface area contributed by atoms with Crippen LogP contribution in [-0.2, 0) is 51.2 Å². The summed E-state index contributed by atoms with van der Waals surface area (Å²) in [7, 11) is -9.31. The lowest BCUT2D eigenvalue weighted by atomic mass is 10.1. The monoisotopic (exact) mass is 879 g/mol. The number of nitrogen functional groups attached to an aromatic ring is 2. The Morgan fingerprint density at radius 1 is 1.03 bits per heavy atom. The third-order valence-electron chi connectivity index (χ3n) is 8.93. The highest BCUT2D eigenvalue weighted by Crippen LogP contribution is 2.50. The van der Waals surface area contributed by atoms with Crippen LogP contribution in [-0.4, -0.2) is 159 Å². The van der Waals surface area contributed by atoms with Gasteiger partial charge in [0.25, 0.3) is 0 Å². The Morgan fingerprint density at radius 3 is 2.36 bits per heavy atom. The number of hydrogen-bond acceptors (Lipinski definition) is 21. The van der Waals surface area contributed by atoms with Gasteiger partial charge in [0.2, 0.25) is 5.91 Å². The smallest absolute Gasteiger partial charge is 0.455 e. The molecule has 2 fully saturated rings. The number of hydrogen-bond donors (Lipinski definition) is 8. The molecule has 0 aromatic carbocycles. The molecule has 2 saturated heterocycles. The van der Waals surface area contributed by atoms with Crippen LogP contribution in [0.25, 0.3) is 11.2 Å². The van der Waals surface area contributed by atoms with E-state index in [1.54, 1.807) is 0 Å². The number of phosphoric acid groups is 2. The molecule has 0 aliphatic carbocycles. The summed E-state index contributed by atoms with van der Waals surface area (Å²) in [5.74, 6) is -1.86. The van der Waals surface area contributed by atoms with Crippen molar-refractivity contribution < 1.29 is 81.2 Å². The standard InChI is InChI=1S/C30H43N9O18P2/c1-3-4-5-19(41)37(2)15(10-51-9-8-40)29(44)56-23-16(54-28(21(23)42)39-14-35-20-25(32)33-13-34-26(20)39)12-53-59(49,50)57-24-17(11-52-58(46,47)48)55-27(22(24)43)38-7-6-18(31)36-30(38)45/h3,6-7,13-17,21-24,27-28,40,42-43H,1,4-5,8-12H2,2H3,(H,49,50)(H2,31,36,45)(H2,32,33,34)(H2,46,47,48)/t15?,16-,17-,21-,22-,23-,24-,27-,28-/m1/s1. The van der Waals surface area contributed by atoms with Crippen LogP contribution in [0.1, 0.15) is 25.3 Å². The van der Waals surface area contributed by atoms with Gasteiger partial charge in [-0.2, -0.15) is 4.98 Å². The third kappa shape index (κ3) is 11.1. The fourth-order valence-electron chi connectivity index (χ4n) is 6.03. The zero-order chi connectivity index (χ0) is 43.2. The summed E-state index contributed by atoms with van der Waals surface area (Å²) in [5.41, 5.74) is 10.6. The Morgan fingerprint density at radius 2 is 1.69 bits per heavy atom. The number of rotatable bonds is 20. The van der Waals surface area contributed by atoms with Gasteiger partial charge in [-0.1, -0.05) is 6.08 Å². The number of nitrogens with two attached hydrogens (primary N) is 2. The molecule has 10 atom stereocenters. The molecule has 326 valence electrons. The number of carbonyl (C=O) groups is 2. The number of amides is 1. The summed E-state index contributed by atoms with van der Waals surface area (Å²) >= 11 is 0. The van der Waals surface area contributed by atoms with E-state index >= 15 is 0 Å². The first-order chi connectivity index (χ1) is 27.9. The molecule has 2 unspecified atom stereocenters. The van der Waals surface area contributed by atoms with Crippen LogP contribution in [0.3, 0.4) is 0 Å². The van der Waals surface area contributed by atoms with Crippen LogP contribution < -0.4 is 17.2 Å². The van der Waals surface area contributed by atoms with E-state index in [9.17, 15) is 53.5 Å². The SMILES string of the molecule is C=CCCC(=O)N(C)C(COCCO)C(=O)O[C@H]1[C@@H](O)[C@H](n2cnc3c(N)ncnc32)O[C@@H]1COP(=O)(O)O[C@H]1[C@@H](O)[C@H](n2ccc(N)nc2=O)O[C@@H]1COP(=O)(O)O. The molecule has 1 amide bonds. The number of aliphatic hydroxyl groups excluding tert-OH is 3. The summed E-state index contributed by atoms with van der Waals surface area (Å²) in [6.45, 7) is 0.463. The summed E-state index contributed by atoms with van der Waals surface area (Å²) in [4.78, 5) is 85.3. The fraction of sp³-hybridized carbons (Fsp3) is 0.567. The average molecular weight is 880 g/mol. The van der Waals surface area contributed by atoms with Gasteiger partial charge in [-0.3, -0.25) is 27.5 Å². The molecule has 5 heterocycles. The molecular formula is C30H43N9O18P2. The van der Waals surface area contributed by atoms with E-state index in [1.165, 1.54) is 24.0 Å². The molecule has 2 aliphatic rings. The minimum absolute atomic E-state index is 0.0281. The summed E-state index contributed by atoms with van der Waals surface area (Å²) in [5, 5.41) is 31.9. The minimum atomic E-state index is -5.43. The predicted octanol–water partition coefficient (Wildman–Crippen LogP) is -2.91. The topological polar surface area (TPSA) is 388 Å². The van der Waals surface area contributed by atoms with Gasteiger partial charge in [-0.25, -0.2) is 33.7 Å². The zero-order valence-electron chi connectivity index (χ0n) is 31.0. The first-order valence-electron chi connectivity index (χ1n) is 17.4. The fourth-order valence-corrected chi connectivity index (χ4v) is 7.33. The van der Waals surface area contributed by atoms with E-state index in [4.69, 9.17) is 39.5 Å². The maximum Gasteiger partial charge on any atom is 0.472 e. The number of anilines is 2. The van der Waals surface area contributed by atoms with E-state index in [2.05, 4.69) is 31.0 Å². The zero-order valence-corrected chi connectivity index (χ0v) is 32.8. The van der Waals surface area contributed by atoms with Crippen molar-refractivity contribution in [1.29, 1.82) is 0 Å². The second-order valence-corrected chi connectivity index (χ2v) is 15.6. The molecule has 59 heavy (non-hydrogen) atoms. The van der Waals surface area contributed by atoms with Gasteiger partial charge < -0.3 is 65.3 Å². The number of esters is 1. The van der Waals surface area contributed by atoms with Gasteiger partial charge in [0.15, 0.2) is 36.1 Å². The summed E-state index contributed by atoms with van der Waals surface area (Å²) in [6, 6.07) is -0.273. The largest absolute Gasteiger partial charge is 0.472 e. The first kappa shape index (κ1) is 45.8. The van der Waals surface area contributed by atoms with Gasteiger partial charge in [0, 0.05) is 19.7 Å². The van der Waals surface area contributed by atoms with E-state index in [1.807, 2.05) is 0 Å². The highest BCUT2D eigenvalue weighted by atomic mass is 31.2. The molecule has 0 bridgehead atoms. The predicted molar refractivity (Wildman–Crippen MR) is 195 cm³/mol. The van der Waals surface area contributed by atoms with Crippen LogP contribution in [0.2, 0.25) is 0 Å². The molecule has 10 N–H and O–H groups in total. The van der Waals surface area contributed by atoms with Crippen molar-refractivity contribution in [1.82, 2.24) is 34.0 Å². The number of phosphoric ester groups is 2. The molecule has 5 rings (SSSR count). The number of carbonyl (C=O) groups excluding carboxylic acids is 2. The number of allylic oxidation sites excluding steroid dienone is 1. The summed E-state index contributed by atoms with van der Waals surface area (Å²) < 4.78 is 64.4. The lowest BCUT2D eigenvalue weighted by Crippen LogP contribution is -2.49. The highest BCUT2D eigenvalue weighted by Gasteiger charge is 2.52. The molecule has 2 aliphatic heterocycles. The minimum Gasteiger partial charge on any atom is -0.455 e. The Labute approximate surface area is 332 Å². The lowest BCUT2D eigenvalue weighted by molar-refractivity contribution is -0.167. The van der Waals surface area contributed by atoms with Gasteiger partial charge in [-0.15, -0.1) is 6.58 Å². The van der Waals surface area contributed by atoms with Crippen molar-refractivity contribution in [3.63, 3.8) is 0 Å². The van der Waals surface area contributed by atoms with Crippen LogP contribution in [0.4, 0.5) is 11.6 Å². The van der Waals surface area contributed by atoms with Crippen LogP contribution >= 0.6 is 15.6 Å². The van der Waals surface area contributed by atoms with Crippen LogP contribution in [0.15, 0.2) is 42.4 Å². The van der Waals surface area contributed by atoms with Crippen molar-refractivity contribution in [2.75, 3.05) is 51.5 Å². The van der Waals surface area contributed by atoms with Crippen molar-refractivity contribution in [2.24, 2.45) is 0 Å². The van der Waals surface area contributed by atoms with Crippen molar-refractivity contribution >= 4 is 50.3 Å². The molecular weight excluding hydrogens is 836 g/mol. The number of likely N-dealkylation sites (N-methyl/N-ethyl adjacent to an activating group) is 1. The number of imidazole rings is 1. The average Bonchev–Trinajstić information content (AvgIpc) is 3.83. The number of fused-ring (bicyclic) bond motifs is 1. The van der Waals surface area contributed by atoms with Crippen molar-refractivity contribution in [2.45, 2.75) is 68.0 Å². The molecule has 29 heteroatoms. The number of aromatic nitrogens is 6. The molecule has 0 spiro atoms. The molecule has 0 radical (unpaired) electrons. The van der Waals surface area contributed by atoms with Gasteiger partial charge in [0.05, 0.1) is 39.4 Å². The maximum absolute atomic E-state index is 13.8. The molecule has 3 aromatic heterocycles. The van der Waals surface area contributed by atoms with E-state index in [-0.39, 0.29) is 42.2 Å². The third-order valence-corrected chi connectivity index (χ3v) is 10.4. The summed E-state index contributed by atoms with van der Waals surface area (Å²) in [6.07, 6.45) is -8.96. The number of aliphatic hydroxyl groups is 3. The molecule has 3 aromatic rings. The maximum atomic E-state index is 13.8. The van der Waals surface area contributed by atoms with E-state index < -0.39 is 115 Å². The van der Waals surface area contributed by atoms with E-state index in [0.717, 1.165) is 28.1 Å². The van der Waals surface area contributed by atoms with Gasteiger partial charge in [-0.05, 0) is 12.5 Å². The first-order valence-corrected chi connectivity index (χ1v) is 20.4. The van der Waals surface area contributed by atoms with E-state index in [0.29, 0.717) is 0 Å². The second kappa shape index (κ2) is 19.4. The van der Waals surface area contributed by atoms with Crippen LogP contribution in [0.5, 0.6) is 0 Å². The quantitative estimate of drug-likeness (QED) is 0.0244. The highest BCUT2D eigenvalue weighted by molar-refractivity contribution is 7.47. The Bertz CT molecular complexity index is 2120. The Kier molecular flexibility index (Phi) is 15.0. The second-order valence-electron chi connectivity index (χ2n) is 12.9. The Hall–Kier alpha value is -4.31. The lowest BCUT2D eigenvalue weighted by Gasteiger charge is -2.29.